The summed E-state index contributed by atoms with van der Waals surface area (Å²) in [6, 6.07) is 9.00. The molecule has 104 valence electrons. The molecule has 0 spiro atoms. The fourth-order valence-electron chi connectivity index (χ4n) is 1.62. The number of rotatable bonds is 3. The summed E-state index contributed by atoms with van der Waals surface area (Å²) < 4.78 is 59.6. The molecule has 0 radical (unpaired) electrons. The van der Waals surface area contributed by atoms with Gasteiger partial charge in [0.2, 0.25) is 0 Å². The Hall–Kier alpha value is -1.31. The maximum absolute atomic E-state index is 14.3. The molecule has 0 aromatic heterocycles. The second-order valence-electron chi connectivity index (χ2n) is 3.94. The van der Waals surface area contributed by atoms with Crippen LogP contribution in [-0.2, 0) is 0 Å². The summed E-state index contributed by atoms with van der Waals surface area (Å²) in [5.41, 5.74) is 0. The number of halogens is 5. The first-order valence-corrected chi connectivity index (χ1v) is 10.7. The second kappa shape index (κ2) is 3.84. The molecule has 0 aliphatic heterocycles. The number of hydrogen-bond acceptors (Lipinski definition) is 1. The molecule has 0 bridgehead atoms. The quantitative estimate of drug-likeness (QED) is 0.573. The molecule has 0 heterocycles. The van der Waals surface area contributed by atoms with Gasteiger partial charge >= 0.3 is 109 Å². The van der Waals surface area contributed by atoms with Crippen LogP contribution in [0.4, 0.5) is 11.4 Å². The zero-order valence-electron chi connectivity index (χ0n) is 9.99. The van der Waals surface area contributed by atoms with Gasteiger partial charge in [-0.2, -0.15) is 0 Å². The molecule has 2 aromatic carbocycles. The molecule has 0 N–H and O–H groups in total. The van der Waals surface area contributed by atoms with Gasteiger partial charge in [-0.15, -0.1) is 0 Å². The molecule has 2 aromatic rings. The van der Waals surface area contributed by atoms with E-state index in [0.29, 0.717) is 0 Å². The minimum atomic E-state index is -9.33. The van der Waals surface area contributed by atoms with Crippen molar-refractivity contribution in [3.63, 3.8) is 0 Å². The molecule has 0 amide bonds. The minimum absolute atomic E-state index is 0.251. The summed E-state index contributed by atoms with van der Waals surface area (Å²) in [5.74, 6) is 0.251. The molecule has 0 aliphatic rings. The molecule has 0 atom stereocenters. The molecule has 0 unspecified atom stereocenters. The third kappa shape index (κ3) is 2.41. The first-order valence-electron chi connectivity index (χ1n) is 5.29. The van der Waals surface area contributed by atoms with Gasteiger partial charge in [-0.05, 0) is 0 Å². The van der Waals surface area contributed by atoms with Gasteiger partial charge in [-0.1, -0.05) is 0 Å². The first kappa shape index (κ1) is 14.1. The normalized spacial score (nSPS) is 15.4. The molecule has 0 aliphatic carbocycles. The number of benzene rings is 2. The van der Waals surface area contributed by atoms with Crippen LogP contribution >= 0.6 is 0 Å². The van der Waals surface area contributed by atoms with Gasteiger partial charge in [-0.3, -0.25) is 0 Å². The van der Waals surface area contributed by atoms with Crippen LogP contribution in [0.15, 0.2) is 54.6 Å². The summed E-state index contributed by atoms with van der Waals surface area (Å²) in [6.45, 7) is 0. The fraction of sp³-hybridized carbons (Fsp3) is 0.0769. The van der Waals surface area contributed by atoms with Crippen molar-refractivity contribution in [2.45, 2.75) is 0 Å². The topological polar surface area (TPSA) is 9.23 Å². The van der Waals surface area contributed by atoms with E-state index < -0.39 is 25.1 Å². The van der Waals surface area contributed by atoms with Gasteiger partial charge in [0, 0.05) is 0 Å². The summed E-state index contributed by atoms with van der Waals surface area (Å²) in [6.07, 6.45) is 0. The van der Waals surface area contributed by atoms with Crippen LogP contribution in [0.25, 0.3) is 0 Å². The van der Waals surface area contributed by atoms with Gasteiger partial charge in [0.05, 0.1) is 0 Å². The van der Waals surface area contributed by atoms with Crippen LogP contribution in [0, 0.1) is 7.14 Å². The second-order valence-corrected chi connectivity index (χ2v) is 12.1. The molecule has 6 heteroatoms. The molecule has 0 fully saturated rings. The van der Waals surface area contributed by atoms with E-state index in [1.165, 1.54) is 25.3 Å². The van der Waals surface area contributed by atoms with Crippen LogP contribution in [0.1, 0.15) is 0 Å². The molecule has 2 rings (SSSR count). The third-order valence-corrected chi connectivity index (χ3v) is 9.11. The Morgan fingerprint density at radius 3 is 1.68 bits per heavy atom. The summed E-state index contributed by atoms with van der Waals surface area (Å²) in [5, 5.41) is 0. The molecular formula is C13H12F4IO+. The summed E-state index contributed by atoms with van der Waals surface area (Å²) >= 11 is -9.33. The van der Waals surface area contributed by atoms with Crippen LogP contribution in [0.5, 0.6) is 5.75 Å². The van der Waals surface area contributed by atoms with Crippen molar-refractivity contribution in [3.05, 3.63) is 61.7 Å². The molecule has 0 saturated carbocycles. The number of ether oxygens (including phenoxy) is 1. The Balaban J connectivity index is 2.66. The summed E-state index contributed by atoms with van der Waals surface area (Å²) in [7, 11) is 1.34. The fourth-order valence-corrected chi connectivity index (χ4v) is 6.01. The number of hydrogen-bond donors (Lipinski definition) is 0. The van der Waals surface area contributed by atoms with Crippen molar-refractivity contribution < 1.29 is 34.1 Å². The Labute approximate surface area is 109 Å². The van der Waals surface area contributed by atoms with E-state index in [9.17, 15) is 11.4 Å². The average Bonchev–Trinajstić information content (AvgIpc) is 2.39. The van der Waals surface area contributed by atoms with E-state index in [1.54, 1.807) is 0 Å². The number of methoxy groups -OCH3 is 1. The zero-order chi connectivity index (χ0) is 14.2. The van der Waals surface area contributed by atoms with Crippen LogP contribution < -0.4 is 22.7 Å². The van der Waals surface area contributed by atoms with Gasteiger partial charge in [0.1, 0.15) is 0 Å². The Morgan fingerprint density at radius 1 is 0.737 bits per heavy atom. The standard InChI is InChI=1S/C13H12F4IO/c1-19-13-9-7-12(8-10-13)18(14,15,16,17)11-5-3-2-4-6-11/h2-10H,1H3/q+1. The van der Waals surface area contributed by atoms with Gasteiger partial charge in [-0.25, -0.2) is 0 Å². The van der Waals surface area contributed by atoms with Gasteiger partial charge in [0.25, 0.3) is 0 Å². The Bertz CT molecular complexity index is 589. The van der Waals surface area contributed by atoms with Gasteiger partial charge in [0.15, 0.2) is 0 Å². The van der Waals surface area contributed by atoms with Gasteiger partial charge < -0.3 is 0 Å². The molecular weight excluding hydrogens is 375 g/mol. The van der Waals surface area contributed by atoms with E-state index >= 15 is 0 Å². The van der Waals surface area contributed by atoms with Crippen molar-refractivity contribution in [2.24, 2.45) is 0 Å². The first-order chi connectivity index (χ1) is 8.67. The van der Waals surface area contributed by atoms with Crippen LogP contribution in [-0.4, -0.2) is 7.11 Å². The van der Waals surface area contributed by atoms with E-state index in [1.807, 2.05) is 0 Å². The molecule has 19 heavy (non-hydrogen) atoms. The maximum atomic E-state index is 14.3. The predicted molar refractivity (Wildman–Crippen MR) is 61.3 cm³/mol. The Morgan fingerprint density at radius 2 is 1.21 bits per heavy atom. The van der Waals surface area contributed by atoms with E-state index in [0.717, 1.165) is 36.4 Å². The zero-order valence-corrected chi connectivity index (χ0v) is 12.2. The van der Waals surface area contributed by atoms with E-state index in [-0.39, 0.29) is 5.75 Å². The van der Waals surface area contributed by atoms with Crippen LogP contribution in [0.2, 0.25) is 0 Å². The van der Waals surface area contributed by atoms with Crippen molar-refractivity contribution in [1.82, 2.24) is 0 Å². The molecule has 1 nitrogen and oxygen atoms in total. The van der Waals surface area contributed by atoms with E-state index in [4.69, 9.17) is 4.74 Å². The predicted octanol–water partition coefficient (Wildman–Crippen LogP) is 1.50. The SMILES string of the molecule is COc1ccc([I+](F)(F)(F)(F)c2ccccc2)cc1. The van der Waals surface area contributed by atoms with Crippen molar-refractivity contribution in [2.75, 3.05) is 7.11 Å². The van der Waals surface area contributed by atoms with Crippen molar-refractivity contribution in [1.29, 1.82) is 0 Å². The molecule has 0 saturated heterocycles. The van der Waals surface area contributed by atoms with Crippen molar-refractivity contribution >= 4 is 0 Å². The Kier molecular flexibility index (Phi) is 2.85. The van der Waals surface area contributed by atoms with Crippen LogP contribution in [0.3, 0.4) is 0 Å². The van der Waals surface area contributed by atoms with E-state index in [2.05, 4.69) is 0 Å². The third-order valence-electron chi connectivity index (χ3n) is 2.66. The van der Waals surface area contributed by atoms with Crippen molar-refractivity contribution in [3.8, 4) is 5.75 Å². The monoisotopic (exact) mass is 387 g/mol. The summed E-state index contributed by atoms with van der Waals surface area (Å²) in [4.78, 5) is 0. The average molecular weight is 387 g/mol.